The van der Waals surface area contributed by atoms with Crippen LogP contribution in [-0.2, 0) is 4.79 Å². The first-order chi connectivity index (χ1) is 10.4. The summed E-state index contributed by atoms with van der Waals surface area (Å²) in [6, 6.07) is 5.86. The molecule has 0 heterocycles. The first-order valence-corrected chi connectivity index (χ1v) is 7.72. The molecule has 1 rings (SSSR count). The monoisotopic (exact) mass is 376 g/mol. The first kappa shape index (κ1) is 20.7. The highest BCUT2D eigenvalue weighted by Gasteiger charge is 2.09. The van der Waals surface area contributed by atoms with Gasteiger partial charge in [0.2, 0.25) is 6.41 Å². The third-order valence-electron chi connectivity index (χ3n) is 2.44. The van der Waals surface area contributed by atoms with Gasteiger partial charge >= 0.3 is 0 Å². The number of hydrogen-bond donors (Lipinski definition) is 3. The van der Waals surface area contributed by atoms with Crippen molar-refractivity contribution in [3.63, 3.8) is 0 Å². The van der Waals surface area contributed by atoms with Crippen LogP contribution in [0.5, 0.6) is 11.5 Å². The number of ether oxygens (including phenoxy) is 2. The Bertz CT molecular complexity index is 430. The highest BCUT2D eigenvalue weighted by Crippen LogP contribution is 2.30. The van der Waals surface area contributed by atoms with E-state index in [9.17, 15) is 5.11 Å². The summed E-state index contributed by atoms with van der Waals surface area (Å²) in [6.45, 7) is 4.81. The van der Waals surface area contributed by atoms with Gasteiger partial charge in [-0.3, -0.25) is 4.79 Å². The Morgan fingerprint density at radius 2 is 2.00 bits per heavy atom. The average Bonchev–Trinajstić information content (AvgIpc) is 2.51. The molecule has 0 saturated heterocycles. The second-order valence-corrected chi connectivity index (χ2v) is 5.65. The highest BCUT2D eigenvalue weighted by atomic mass is 79.9. The van der Waals surface area contributed by atoms with Crippen LogP contribution in [0.3, 0.4) is 0 Å². The van der Waals surface area contributed by atoms with Crippen molar-refractivity contribution in [2.75, 3.05) is 27.3 Å². The number of benzene rings is 1. The third kappa shape index (κ3) is 9.59. The molecule has 1 aromatic carbocycles. The van der Waals surface area contributed by atoms with Crippen molar-refractivity contribution < 1.29 is 19.4 Å². The molecule has 6 nitrogen and oxygen atoms in total. The van der Waals surface area contributed by atoms with E-state index in [2.05, 4.69) is 26.6 Å². The van der Waals surface area contributed by atoms with Gasteiger partial charge < -0.3 is 25.2 Å². The van der Waals surface area contributed by atoms with Gasteiger partial charge in [0, 0.05) is 24.1 Å². The van der Waals surface area contributed by atoms with Gasteiger partial charge in [-0.1, -0.05) is 29.8 Å². The smallest absolute Gasteiger partial charge is 0.206 e. The summed E-state index contributed by atoms with van der Waals surface area (Å²) in [4.78, 5) is 9.06. The molecule has 0 fully saturated rings. The van der Waals surface area contributed by atoms with Crippen LogP contribution in [-0.4, -0.2) is 51.0 Å². The van der Waals surface area contributed by atoms with Crippen molar-refractivity contribution >= 4 is 22.3 Å². The number of hydrogen-bond acceptors (Lipinski definition) is 5. The summed E-state index contributed by atoms with van der Waals surface area (Å²) >= 11 is 3.36. The Balaban J connectivity index is 0.000000980. The number of carbonyl (C=O) groups is 1. The Morgan fingerprint density at radius 3 is 2.50 bits per heavy atom. The summed E-state index contributed by atoms with van der Waals surface area (Å²) < 4.78 is 11.7. The van der Waals surface area contributed by atoms with Gasteiger partial charge in [0.1, 0.15) is 12.7 Å². The van der Waals surface area contributed by atoms with Crippen molar-refractivity contribution in [1.82, 2.24) is 10.6 Å². The van der Waals surface area contributed by atoms with E-state index in [1.165, 1.54) is 0 Å². The van der Waals surface area contributed by atoms with Gasteiger partial charge in [-0.15, -0.1) is 0 Å². The van der Waals surface area contributed by atoms with Crippen LogP contribution in [0, 0.1) is 0 Å². The minimum absolute atomic E-state index is 0.234. The van der Waals surface area contributed by atoms with E-state index in [4.69, 9.17) is 14.3 Å². The number of carbonyl (C=O) groups excluding carboxylic acids is 1. The van der Waals surface area contributed by atoms with Gasteiger partial charge in [0.15, 0.2) is 11.5 Å². The van der Waals surface area contributed by atoms with Gasteiger partial charge in [-0.05, 0) is 18.2 Å². The summed E-state index contributed by atoms with van der Waals surface area (Å²) in [5.41, 5.74) is 0. The Hall–Kier alpha value is -1.31. The number of halogens is 1. The lowest BCUT2D eigenvalue weighted by Crippen LogP contribution is -2.35. The number of amides is 1. The predicted molar refractivity (Wildman–Crippen MR) is 90.5 cm³/mol. The van der Waals surface area contributed by atoms with Crippen LogP contribution < -0.4 is 20.1 Å². The maximum Gasteiger partial charge on any atom is 0.206 e. The van der Waals surface area contributed by atoms with Crippen LogP contribution in [0.15, 0.2) is 22.7 Å². The molecular formula is C15H25BrN2O4. The second kappa shape index (κ2) is 12.3. The van der Waals surface area contributed by atoms with Gasteiger partial charge in [0.25, 0.3) is 0 Å². The number of aliphatic hydroxyl groups excluding tert-OH is 1. The molecular weight excluding hydrogens is 352 g/mol. The van der Waals surface area contributed by atoms with E-state index >= 15 is 0 Å². The third-order valence-corrected chi connectivity index (χ3v) is 2.93. The fraction of sp³-hybridized carbons (Fsp3) is 0.533. The molecule has 0 aliphatic heterocycles. The van der Waals surface area contributed by atoms with Crippen LogP contribution in [0.2, 0.25) is 0 Å². The summed E-state index contributed by atoms with van der Waals surface area (Å²) in [5, 5.41) is 15.1. The van der Waals surface area contributed by atoms with E-state index in [1.807, 2.05) is 32.0 Å². The van der Waals surface area contributed by atoms with Crippen molar-refractivity contribution in [1.29, 1.82) is 0 Å². The molecule has 0 spiro atoms. The topological polar surface area (TPSA) is 79.8 Å². The first-order valence-electron chi connectivity index (χ1n) is 6.93. The minimum Gasteiger partial charge on any atom is -0.493 e. The standard InChI is InChI=1S/C13H20BrNO3.C2H5NO/c1-9(2)15-7-11(16)8-18-12-5-4-10(14)6-13(12)17-3;1-3-2-4/h4-6,9,11,15-16H,7-8H2,1-3H3;2H,1H3,(H,3,4). The molecule has 1 amide bonds. The van der Waals surface area contributed by atoms with Gasteiger partial charge in [-0.25, -0.2) is 0 Å². The maximum atomic E-state index is 9.74. The molecule has 3 N–H and O–H groups in total. The summed E-state index contributed by atoms with van der Waals surface area (Å²) in [5.74, 6) is 1.28. The molecule has 0 aliphatic rings. The molecule has 0 aromatic heterocycles. The van der Waals surface area contributed by atoms with Crippen molar-refractivity contribution in [2.45, 2.75) is 26.0 Å². The van der Waals surface area contributed by atoms with Crippen molar-refractivity contribution in [3.05, 3.63) is 22.7 Å². The SMILES string of the molecule is CNC=O.COc1cc(Br)ccc1OCC(O)CNC(C)C. The molecule has 126 valence electrons. The lowest BCUT2D eigenvalue weighted by Gasteiger charge is -2.16. The fourth-order valence-corrected chi connectivity index (χ4v) is 1.72. The zero-order valence-corrected chi connectivity index (χ0v) is 15.0. The minimum atomic E-state index is -0.541. The Kier molecular flexibility index (Phi) is 11.5. The molecule has 7 heteroatoms. The summed E-state index contributed by atoms with van der Waals surface area (Å²) in [7, 11) is 3.15. The van der Waals surface area contributed by atoms with Crippen molar-refractivity contribution in [2.24, 2.45) is 0 Å². The number of aliphatic hydroxyl groups is 1. The molecule has 0 saturated carbocycles. The number of rotatable bonds is 8. The number of methoxy groups -OCH3 is 1. The van der Waals surface area contributed by atoms with Crippen LogP contribution in [0.1, 0.15) is 13.8 Å². The van der Waals surface area contributed by atoms with E-state index in [0.29, 0.717) is 30.5 Å². The molecule has 0 aliphatic carbocycles. The molecule has 1 atom stereocenters. The molecule has 1 unspecified atom stereocenters. The van der Waals surface area contributed by atoms with Gasteiger partial charge in [-0.2, -0.15) is 0 Å². The van der Waals surface area contributed by atoms with Crippen LogP contribution in [0.4, 0.5) is 0 Å². The molecule has 1 aromatic rings. The predicted octanol–water partition coefficient (Wildman–Crippen LogP) is 1.56. The van der Waals surface area contributed by atoms with Gasteiger partial charge in [0.05, 0.1) is 7.11 Å². The fourth-order valence-electron chi connectivity index (χ4n) is 1.38. The maximum absolute atomic E-state index is 9.74. The lowest BCUT2D eigenvalue weighted by molar-refractivity contribution is -0.109. The van der Waals surface area contributed by atoms with E-state index in [-0.39, 0.29) is 6.61 Å². The molecule has 0 radical (unpaired) electrons. The average molecular weight is 377 g/mol. The summed E-state index contributed by atoms with van der Waals surface area (Å²) in [6.07, 6.45) is 0.0840. The quantitative estimate of drug-likeness (QED) is 0.600. The van der Waals surface area contributed by atoms with E-state index in [0.717, 1.165) is 4.47 Å². The van der Waals surface area contributed by atoms with Crippen molar-refractivity contribution in [3.8, 4) is 11.5 Å². The van der Waals surface area contributed by atoms with Crippen LogP contribution >= 0.6 is 15.9 Å². The normalized spacial score (nSPS) is 11.2. The zero-order valence-electron chi connectivity index (χ0n) is 13.4. The Morgan fingerprint density at radius 1 is 1.36 bits per heavy atom. The van der Waals surface area contributed by atoms with E-state index in [1.54, 1.807) is 14.2 Å². The largest absolute Gasteiger partial charge is 0.493 e. The second-order valence-electron chi connectivity index (χ2n) is 4.73. The number of nitrogens with one attached hydrogen (secondary N) is 2. The lowest BCUT2D eigenvalue weighted by atomic mass is 10.3. The van der Waals surface area contributed by atoms with E-state index < -0.39 is 6.10 Å². The molecule has 22 heavy (non-hydrogen) atoms. The molecule has 0 bridgehead atoms. The zero-order chi connectivity index (χ0) is 17.0. The Labute approximate surface area is 140 Å². The van der Waals surface area contributed by atoms with Crippen LogP contribution in [0.25, 0.3) is 0 Å². The highest BCUT2D eigenvalue weighted by molar-refractivity contribution is 9.10.